The molecule has 5 heterocycles. The van der Waals surface area contributed by atoms with Crippen LogP contribution in [0.3, 0.4) is 0 Å². The lowest BCUT2D eigenvalue weighted by atomic mass is 9.83. The number of anilines is 1. The smallest absolute Gasteiger partial charge is 0.335 e. The first-order valence-electron chi connectivity index (χ1n) is 10.9. The van der Waals surface area contributed by atoms with Crippen LogP contribution in [0.5, 0.6) is 0 Å². The number of aromatic amines is 2. The zero-order valence-electron chi connectivity index (χ0n) is 17.4. The van der Waals surface area contributed by atoms with Crippen LogP contribution in [0.2, 0.25) is 0 Å². The van der Waals surface area contributed by atoms with E-state index in [4.69, 9.17) is 0 Å². The summed E-state index contributed by atoms with van der Waals surface area (Å²) in [5.74, 6) is 0.0256. The van der Waals surface area contributed by atoms with Crippen LogP contribution in [0, 0.1) is 5.92 Å². The highest BCUT2D eigenvalue weighted by molar-refractivity contribution is 6.02. The molecule has 0 spiro atoms. The van der Waals surface area contributed by atoms with Gasteiger partial charge in [0.25, 0.3) is 5.56 Å². The Morgan fingerprint density at radius 1 is 1.09 bits per heavy atom. The highest BCUT2D eigenvalue weighted by Crippen LogP contribution is 2.35. The van der Waals surface area contributed by atoms with E-state index >= 15 is 0 Å². The Kier molecular flexibility index (Phi) is 4.29. The third-order valence-corrected chi connectivity index (χ3v) is 6.87. The van der Waals surface area contributed by atoms with E-state index in [2.05, 4.69) is 25.2 Å². The second-order valence-electron chi connectivity index (χ2n) is 8.76. The van der Waals surface area contributed by atoms with Gasteiger partial charge in [0.15, 0.2) is 0 Å². The monoisotopic (exact) mass is 429 g/mol. The number of imidazole rings is 1. The molecule has 0 unspecified atom stereocenters. The number of para-hydroxylation sites is 2. The van der Waals surface area contributed by atoms with E-state index in [-0.39, 0.29) is 17.2 Å². The minimum absolute atomic E-state index is 0.137. The van der Waals surface area contributed by atoms with Crippen molar-refractivity contribution in [1.82, 2.24) is 19.9 Å². The zero-order chi connectivity index (χ0) is 21.8. The lowest BCUT2D eigenvalue weighted by molar-refractivity contribution is 0.0697. The number of fused-ring (bicyclic) bond motifs is 5. The maximum Gasteiger partial charge on any atom is 0.335 e. The molecular formula is C24H23N5O3. The van der Waals surface area contributed by atoms with E-state index in [1.807, 2.05) is 24.3 Å². The van der Waals surface area contributed by atoms with Crippen LogP contribution in [-0.4, -0.2) is 56.6 Å². The fourth-order valence-corrected chi connectivity index (χ4v) is 5.19. The molecule has 0 amide bonds. The number of aromatic nitrogens is 3. The van der Waals surface area contributed by atoms with E-state index in [0.717, 1.165) is 48.9 Å². The topological polar surface area (TPSA) is 114 Å². The van der Waals surface area contributed by atoms with Crippen LogP contribution in [0.25, 0.3) is 33.3 Å². The number of carboxylic acid groups (broad SMARTS) is 1. The summed E-state index contributed by atoms with van der Waals surface area (Å²) in [6.07, 6.45) is 2.28. The minimum atomic E-state index is -1.03. The largest absolute Gasteiger partial charge is 0.478 e. The number of aromatic carboxylic acids is 1. The quantitative estimate of drug-likeness (QED) is 0.396. The van der Waals surface area contributed by atoms with Gasteiger partial charge >= 0.3 is 5.97 Å². The van der Waals surface area contributed by atoms with Gasteiger partial charge in [0.05, 0.1) is 27.8 Å². The van der Waals surface area contributed by atoms with Crippen molar-refractivity contribution >= 4 is 33.6 Å². The lowest BCUT2D eigenvalue weighted by Crippen LogP contribution is -2.53. The summed E-state index contributed by atoms with van der Waals surface area (Å²) < 4.78 is 0. The first-order valence-corrected chi connectivity index (χ1v) is 10.9. The van der Waals surface area contributed by atoms with Gasteiger partial charge in [-0.15, -0.1) is 0 Å². The molecule has 4 aromatic rings. The van der Waals surface area contributed by atoms with Crippen LogP contribution in [-0.2, 0) is 0 Å². The Morgan fingerprint density at radius 2 is 1.91 bits per heavy atom. The number of hydrogen-bond donors (Lipinski definition) is 4. The molecule has 4 N–H and O–H groups in total. The molecule has 8 nitrogen and oxygen atoms in total. The normalized spacial score (nSPS) is 22.4. The van der Waals surface area contributed by atoms with Crippen molar-refractivity contribution in [1.29, 1.82) is 0 Å². The number of pyridine rings is 1. The second kappa shape index (κ2) is 7.20. The summed E-state index contributed by atoms with van der Waals surface area (Å²) in [5, 5.41) is 13.9. The summed E-state index contributed by atoms with van der Waals surface area (Å²) in [4.78, 5) is 38.1. The Bertz CT molecular complexity index is 1380. The van der Waals surface area contributed by atoms with Crippen molar-refractivity contribution in [2.75, 3.05) is 25.0 Å². The molecule has 3 saturated heterocycles. The highest BCUT2D eigenvalue weighted by atomic mass is 16.4. The average molecular weight is 429 g/mol. The van der Waals surface area contributed by atoms with Crippen molar-refractivity contribution in [3.63, 3.8) is 0 Å². The van der Waals surface area contributed by atoms with Gasteiger partial charge in [-0.2, -0.15) is 0 Å². The number of rotatable bonds is 4. The summed E-state index contributed by atoms with van der Waals surface area (Å²) in [6, 6.07) is 12.8. The van der Waals surface area contributed by atoms with Gasteiger partial charge in [-0.3, -0.25) is 4.79 Å². The van der Waals surface area contributed by atoms with E-state index in [1.54, 1.807) is 12.1 Å². The van der Waals surface area contributed by atoms with Crippen LogP contribution in [0.15, 0.2) is 47.3 Å². The number of nitrogens with one attached hydrogen (secondary N) is 3. The van der Waals surface area contributed by atoms with Crippen LogP contribution < -0.4 is 10.9 Å². The molecule has 7 rings (SSSR count). The number of carboxylic acids is 1. The fourth-order valence-electron chi connectivity index (χ4n) is 5.19. The number of piperidine rings is 3. The lowest BCUT2D eigenvalue weighted by Gasteiger charge is -2.45. The van der Waals surface area contributed by atoms with Crippen LogP contribution in [0.4, 0.5) is 5.69 Å². The van der Waals surface area contributed by atoms with E-state index in [0.29, 0.717) is 28.5 Å². The van der Waals surface area contributed by atoms with Gasteiger partial charge in [-0.1, -0.05) is 12.1 Å². The van der Waals surface area contributed by atoms with E-state index in [9.17, 15) is 14.7 Å². The first-order chi connectivity index (χ1) is 15.6. The van der Waals surface area contributed by atoms with Gasteiger partial charge < -0.3 is 25.3 Å². The van der Waals surface area contributed by atoms with Gasteiger partial charge in [0, 0.05) is 18.0 Å². The molecule has 32 heavy (non-hydrogen) atoms. The van der Waals surface area contributed by atoms with Crippen molar-refractivity contribution in [3.8, 4) is 11.4 Å². The van der Waals surface area contributed by atoms with Gasteiger partial charge in [0.1, 0.15) is 11.4 Å². The van der Waals surface area contributed by atoms with Gasteiger partial charge in [0.2, 0.25) is 0 Å². The Hall–Kier alpha value is -3.65. The summed E-state index contributed by atoms with van der Waals surface area (Å²) in [6.45, 7) is 3.18. The molecule has 1 atom stereocenters. The molecule has 3 aliphatic heterocycles. The Labute approximate surface area is 183 Å². The zero-order valence-corrected chi connectivity index (χ0v) is 17.4. The first kappa shape index (κ1) is 19.1. The fraction of sp³-hybridized carbons (Fsp3) is 0.292. The molecule has 162 valence electrons. The average Bonchev–Trinajstić information content (AvgIpc) is 3.23. The number of hydrogen-bond acceptors (Lipinski definition) is 5. The molecule has 0 aliphatic carbocycles. The molecule has 2 bridgehead atoms. The predicted octanol–water partition coefficient (Wildman–Crippen LogP) is 3.28. The number of benzene rings is 2. The minimum Gasteiger partial charge on any atom is -0.478 e. The van der Waals surface area contributed by atoms with E-state index in [1.165, 1.54) is 6.07 Å². The Morgan fingerprint density at radius 3 is 2.62 bits per heavy atom. The van der Waals surface area contributed by atoms with Crippen molar-refractivity contribution in [2.24, 2.45) is 5.92 Å². The summed E-state index contributed by atoms with van der Waals surface area (Å²) in [5.41, 5.74) is 3.14. The third-order valence-electron chi connectivity index (χ3n) is 6.87. The number of nitrogens with zero attached hydrogens (tertiary/aromatic N) is 2. The summed E-state index contributed by atoms with van der Waals surface area (Å²) >= 11 is 0. The van der Waals surface area contributed by atoms with Crippen LogP contribution in [0.1, 0.15) is 23.2 Å². The third kappa shape index (κ3) is 3.06. The molecule has 3 aliphatic rings. The van der Waals surface area contributed by atoms with Gasteiger partial charge in [-0.25, -0.2) is 9.78 Å². The molecule has 2 aromatic carbocycles. The maximum atomic E-state index is 13.3. The predicted molar refractivity (Wildman–Crippen MR) is 123 cm³/mol. The Balaban J connectivity index is 1.56. The second-order valence-corrected chi connectivity index (χ2v) is 8.76. The molecular weight excluding hydrogens is 406 g/mol. The van der Waals surface area contributed by atoms with Crippen molar-refractivity contribution in [2.45, 2.75) is 18.9 Å². The molecule has 0 radical (unpaired) electrons. The van der Waals surface area contributed by atoms with Crippen LogP contribution >= 0.6 is 0 Å². The number of H-pyrrole nitrogens is 2. The standard InChI is InChI=1S/C24H23N5O3/c30-23-20(22-26-16-3-1-2-4-17(16)27-22)21(25-19-12-29-9-7-13(19)8-10-29)15-6-5-14(24(31)32)11-18(15)28-23/h1-6,11,13,19H,7-10,12H2,(H,26,27)(H,31,32)(H2,25,28,30)/t19-/m1/s1. The molecule has 3 fully saturated rings. The van der Waals surface area contributed by atoms with Gasteiger partial charge in [-0.05, 0) is 62.2 Å². The highest BCUT2D eigenvalue weighted by Gasteiger charge is 2.35. The molecule has 8 heteroatoms. The SMILES string of the molecule is O=C(O)c1ccc2c(N[C@@H]3CN4CCC3CC4)c(-c3nc4ccccc4[nH]3)c(=O)[nH]c2c1. The maximum absolute atomic E-state index is 13.3. The van der Waals surface area contributed by atoms with E-state index < -0.39 is 5.97 Å². The van der Waals surface area contributed by atoms with Crippen molar-refractivity contribution in [3.05, 3.63) is 58.4 Å². The molecule has 0 saturated carbocycles. The van der Waals surface area contributed by atoms with Crippen molar-refractivity contribution < 1.29 is 9.90 Å². The summed E-state index contributed by atoms with van der Waals surface area (Å²) in [7, 11) is 0. The number of carbonyl (C=O) groups is 1. The molecule has 2 aromatic heterocycles.